The van der Waals surface area contributed by atoms with Gasteiger partial charge in [-0.05, 0) is 12.1 Å². The fourth-order valence-corrected chi connectivity index (χ4v) is 2.92. The van der Waals surface area contributed by atoms with Crippen molar-refractivity contribution in [2.75, 3.05) is 5.73 Å². The summed E-state index contributed by atoms with van der Waals surface area (Å²) < 4.78 is 0. The number of amides is 6. The number of hydrogen-bond donors (Lipinski definition) is 5. The number of halogens is 1. The second kappa shape index (κ2) is 9.57. The predicted octanol–water partition coefficient (Wildman–Crippen LogP) is 0.216. The monoisotopic (exact) mass is 493 g/mol. The van der Waals surface area contributed by atoms with Gasteiger partial charge in [-0.1, -0.05) is 11.6 Å². The molecule has 17 heteroatoms. The number of carbonyl (C=O) groups is 5. The summed E-state index contributed by atoms with van der Waals surface area (Å²) in [5, 5.41) is 24.9. The molecule has 0 aromatic heterocycles. The number of nitrogens with zero attached hydrogens (tertiary/aromatic N) is 2. The number of fused-ring (bicyclic) bond motifs is 2. The van der Waals surface area contributed by atoms with E-state index in [4.69, 9.17) is 22.1 Å². The van der Waals surface area contributed by atoms with Gasteiger partial charge in [-0.25, -0.2) is 4.79 Å². The minimum absolute atomic E-state index is 0.0131. The van der Waals surface area contributed by atoms with E-state index in [9.17, 15) is 39.4 Å². The van der Waals surface area contributed by atoms with Crippen molar-refractivity contribution in [2.45, 2.75) is 0 Å². The number of hydrogen-bond acceptors (Lipinski definition) is 10. The highest BCUT2D eigenvalue weighted by molar-refractivity contribution is 6.34. The quantitative estimate of drug-likeness (QED) is 0.164. The van der Waals surface area contributed by atoms with Crippen LogP contribution >= 0.6 is 11.6 Å². The molecule has 0 aliphatic carbocycles. The molecule has 6 amide bonds. The zero-order chi connectivity index (χ0) is 25.9. The average molecular weight is 494 g/mol. The lowest BCUT2D eigenvalue weighted by atomic mass is 10.1. The molecule has 4 rings (SSSR count). The number of benzene rings is 2. The van der Waals surface area contributed by atoms with Gasteiger partial charge in [0.25, 0.3) is 35.0 Å². The largest absolute Gasteiger partial charge is 0.393 e. The Kier molecular flexibility index (Phi) is 7.08. The van der Waals surface area contributed by atoms with Crippen molar-refractivity contribution in [3.63, 3.8) is 0 Å². The molecule has 0 atom stereocenters. The fourth-order valence-electron chi connectivity index (χ4n) is 2.69. The van der Waals surface area contributed by atoms with Crippen molar-refractivity contribution in [2.24, 2.45) is 11.5 Å². The van der Waals surface area contributed by atoms with Crippen molar-refractivity contribution in [3.05, 3.63) is 71.8 Å². The first kappa shape index (κ1) is 25.1. The molecule has 2 heterocycles. The molecule has 0 fully saturated rings. The molecule has 0 spiro atoms. The van der Waals surface area contributed by atoms with Crippen LogP contribution in [0.15, 0.2) is 24.3 Å². The third-order valence-electron chi connectivity index (χ3n) is 4.08. The number of nitrogens with two attached hydrogens (primary N) is 3. The number of anilines is 1. The molecule has 176 valence electrons. The molecule has 16 nitrogen and oxygen atoms in total. The van der Waals surface area contributed by atoms with Gasteiger partial charge < -0.3 is 17.2 Å². The molecular formula is C17H12ClN7O9. The van der Waals surface area contributed by atoms with E-state index < -0.39 is 39.5 Å². The number of nitrogens with one attached hydrogen (secondary N) is 2. The number of rotatable bonds is 2. The van der Waals surface area contributed by atoms with Crippen LogP contribution < -0.4 is 27.8 Å². The normalized spacial score (nSPS) is 12.7. The van der Waals surface area contributed by atoms with E-state index in [0.717, 1.165) is 24.3 Å². The van der Waals surface area contributed by atoms with Crippen LogP contribution in [-0.2, 0) is 0 Å². The summed E-state index contributed by atoms with van der Waals surface area (Å²) in [6.07, 6.45) is 0. The molecule has 0 saturated carbocycles. The predicted molar refractivity (Wildman–Crippen MR) is 113 cm³/mol. The third-order valence-corrected chi connectivity index (χ3v) is 4.38. The second-order valence-electron chi connectivity index (χ2n) is 6.29. The standard InChI is InChI=1S/C8H3ClN2O4.C8H5N3O4.CH4N2O/c2*9-5-1-3-4(2-6(5)11(14)15)8(13)10-7(3)12;2-1(3)4/h1-2H,(H,10,12,13);1-2H,9H2,(H,10,12,13);(H4,2,3,4). The van der Waals surface area contributed by atoms with E-state index >= 15 is 0 Å². The molecule has 2 aliphatic rings. The Morgan fingerprint density at radius 1 is 0.735 bits per heavy atom. The van der Waals surface area contributed by atoms with Crippen LogP contribution in [0, 0.1) is 20.2 Å². The number of nitro benzene ring substituents is 2. The Morgan fingerprint density at radius 3 is 1.44 bits per heavy atom. The average Bonchev–Trinajstić information content (AvgIpc) is 3.14. The van der Waals surface area contributed by atoms with Gasteiger partial charge in [-0.3, -0.25) is 50.0 Å². The Bertz CT molecular complexity index is 1210. The smallest absolute Gasteiger partial charge is 0.309 e. The van der Waals surface area contributed by atoms with Crippen LogP contribution in [-0.4, -0.2) is 39.5 Å². The lowest BCUT2D eigenvalue weighted by Gasteiger charge is -1.98. The first-order valence-electron chi connectivity index (χ1n) is 8.56. The van der Waals surface area contributed by atoms with E-state index in [1.54, 1.807) is 0 Å². The van der Waals surface area contributed by atoms with E-state index in [1.807, 2.05) is 10.6 Å². The Labute approximate surface area is 192 Å². The highest BCUT2D eigenvalue weighted by atomic mass is 35.5. The summed E-state index contributed by atoms with van der Waals surface area (Å²) in [6.45, 7) is 0. The molecule has 0 saturated heterocycles. The van der Waals surface area contributed by atoms with E-state index in [0.29, 0.717) is 0 Å². The van der Waals surface area contributed by atoms with Crippen LogP contribution in [0.1, 0.15) is 41.4 Å². The van der Waals surface area contributed by atoms with Crippen LogP contribution in [0.25, 0.3) is 0 Å². The van der Waals surface area contributed by atoms with Crippen molar-refractivity contribution < 1.29 is 33.8 Å². The summed E-state index contributed by atoms with van der Waals surface area (Å²) in [5.41, 5.74) is 13.1. The minimum Gasteiger partial charge on any atom is -0.393 e. The lowest BCUT2D eigenvalue weighted by molar-refractivity contribution is -0.384. The van der Waals surface area contributed by atoms with Crippen LogP contribution in [0.3, 0.4) is 0 Å². The molecule has 0 unspecified atom stereocenters. The van der Waals surface area contributed by atoms with Crippen LogP contribution in [0.5, 0.6) is 0 Å². The minimum atomic E-state index is -0.833. The number of carbonyl (C=O) groups excluding carboxylic acids is 5. The first-order chi connectivity index (χ1) is 15.7. The second-order valence-corrected chi connectivity index (χ2v) is 6.70. The number of primary amides is 2. The summed E-state index contributed by atoms with van der Waals surface area (Å²) in [5.74, 6) is -2.46. The zero-order valence-electron chi connectivity index (χ0n) is 16.5. The lowest BCUT2D eigenvalue weighted by Crippen LogP contribution is -2.19. The van der Waals surface area contributed by atoms with Gasteiger partial charge in [0.1, 0.15) is 10.7 Å². The zero-order valence-corrected chi connectivity index (χ0v) is 17.2. The van der Waals surface area contributed by atoms with Crippen molar-refractivity contribution >= 4 is 58.3 Å². The molecule has 0 radical (unpaired) electrons. The summed E-state index contributed by atoms with van der Waals surface area (Å²) >= 11 is 5.58. The van der Waals surface area contributed by atoms with Crippen LogP contribution in [0.4, 0.5) is 21.9 Å². The van der Waals surface area contributed by atoms with Crippen LogP contribution in [0.2, 0.25) is 5.02 Å². The summed E-state index contributed by atoms with van der Waals surface area (Å²) in [4.78, 5) is 73.3. The molecule has 2 aromatic carbocycles. The summed E-state index contributed by atoms with van der Waals surface area (Å²) in [6, 6.07) is 3.42. The fraction of sp³-hybridized carbons (Fsp3) is 0. The van der Waals surface area contributed by atoms with E-state index in [-0.39, 0.29) is 44.3 Å². The molecule has 2 aromatic rings. The highest BCUT2D eigenvalue weighted by Crippen LogP contribution is 2.30. The van der Waals surface area contributed by atoms with Gasteiger partial charge in [-0.2, -0.15) is 0 Å². The van der Waals surface area contributed by atoms with Gasteiger partial charge in [0.2, 0.25) is 0 Å². The van der Waals surface area contributed by atoms with E-state index in [2.05, 4.69) is 11.5 Å². The van der Waals surface area contributed by atoms with E-state index in [1.165, 1.54) is 0 Å². The van der Waals surface area contributed by atoms with Gasteiger partial charge in [-0.15, -0.1) is 0 Å². The van der Waals surface area contributed by atoms with Crippen molar-refractivity contribution in [1.29, 1.82) is 0 Å². The highest BCUT2D eigenvalue weighted by Gasteiger charge is 2.31. The third kappa shape index (κ3) is 5.19. The SMILES string of the molecule is NC(N)=O.Nc1cc2c(cc1[N+](=O)[O-])C(=O)NC2=O.O=C1NC(=O)c2cc([N+](=O)[O-])c(Cl)cc21. The number of urea groups is 1. The molecule has 8 N–H and O–H groups in total. The number of imide groups is 2. The van der Waals surface area contributed by atoms with Gasteiger partial charge in [0, 0.05) is 12.1 Å². The van der Waals surface area contributed by atoms with Gasteiger partial charge in [0.15, 0.2) is 0 Å². The van der Waals surface area contributed by atoms with Crippen molar-refractivity contribution in [1.82, 2.24) is 10.6 Å². The Balaban J connectivity index is 0.000000208. The Morgan fingerprint density at radius 2 is 1.06 bits per heavy atom. The molecule has 0 bridgehead atoms. The van der Waals surface area contributed by atoms with Gasteiger partial charge >= 0.3 is 6.03 Å². The Hall–Kier alpha value is -5.12. The molecule has 2 aliphatic heterocycles. The number of nitro groups is 2. The number of nitrogen functional groups attached to an aromatic ring is 1. The maximum atomic E-state index is 11.2. The first-order valence-corrected chi connectivity index (χ1v) is 8.94. The maximum Gasteiger partial charge on any atom is 0.309 e. The summed E-state index contributed by atoms with van der Waals surface area (Å²) in [7, 11) is 0. The van der Waals surface area contributed by atoms with Crippen molar-refractivity contribution in [3.8, 4) is 0 Å². The topological polar surface area (TPSA) is 274 Å². The molecule has 34 heavy (non-hydrogen) atoms. The van der Waals surface area contributed by atoms with Gasteiger partial charge in [0.05, 0.1) is 32.1 Å². The maximum absolute atomic E-state index is 11.2. The molecular weight excluding hydrogens is 482 g/mol.